The average molecular weight is 317 g/mol. The molecule has 0 amide bonds. The Hall–Kier alpha value is -1.04. The van der Waals surface area contributed by atoms with E-state index in [9.17, 15) is 0 Å². The molecule has 0 saturated heterocycles. The van der Waals surface area contributed by atoms with E-state index in [1.807, 2.05) is 12.2 Å². The molecule has 0 nitrogen and oxygen atoms in total. The van der Waals surface area contributed by atoms with Crippen LogP contribution in [0.2, 0.25) is 0 Å². The van der Waals surface area contributed by atoms with Gasteiger partial charge in [-0.05, 0) is 76.5 Å². The second-order valence-electron chi connectivity index (χ2n) is 6.82. The maximum atomic E-state index is 3.90. The zero-order valence-electron chi connectivity index (χ0n) is 15.9. The molecule has 0 aromatic heterocycles. The van der Waals surface area contributed by atoms with Gasteiger partial charge in [-0.1, -0.05) is 49.6 Å². The fourth-order valence-electron chi connectivity index (χ4n) is 3.25. The van der Waals surface area contributed by atoms with Crippen LogP contribution in [0.5, 0.6) is 0 Å². The van der Waals surface area contributed by atoms with Gasteiger partial charge in [0.1, 0.15) is 0 Å². The fraction of sp³-hybridized carbons (Fsp3) is 0.652. The van der Waals surface area contributed by atoms with Gasteiger partial charge in [0.25, 0.3) is 0 Å². The third-order valence-corrected chi connectivity index (χ3v) is 4.61. The van der Waals surface area contributed by atoms with Crippen LogP contribution in [0.3, 0.4) is 0 Å². The van der Waals surface area contributed by atoms with Crippen LogP contribution in [0, 0.1) is 5.92 Å². The molecule has 132 valence electrons. The molecule has 1 unspecified atom stereocenters. The van der Waals surface area contributed by atoms with Crippen LogP contribution in [0.4, 0.5) is 0 Å². The summed E-state index contributed by atoms with van der Waals surface area (Å²) in [5, 5.41) is 0. The Balaban J connectivity index is 4.64. The first kappa shape index (κ1) is 22.0. The summed E-state index contributed by atoms with van der Waals surface area (Å²) >= 11 is 0. The molecular formula is C23H40. The average Bonchev–Trinajstić information content (AvgIpc) is 2.54. The summed E-state index contributed by atoms with van der Waals surface area (Å²) in [5.74, 6) is 0.726. The zero-order chi connectivity index (χ0) is 17.3. The van der Waals surface area contributed by atoms with Crippen molar-refractivity contribution in [1.29, 1.82) is 0 Å². The largest absolute Gasteiger partial charge is 0.103 e. The lowest BCUT2D eigenvalue weighted by Gasteiger charge is -2.18. The Bertz CT molecular complexity index is 345. The highest BCUT2D eigenvalue weighted by molar-refractivity contribution is 5.15. The van der Waals surface area contributed by atoms with Crippen molar-refractivity contribution in [2.75, 3.05) is 0 Å². The van der Waals surface area contributed by atoms with Crippen molar-refractivity contribution >= 4 is 0 Å². The number of unbranched alkanes of at least 4 members (excludes halogenated alkanes) is 5. The lowest BCUT2D eigenvalue weighted by Crippen LogP contribution is -2.01. The molecule has 1 atom stereocenters. The molecular weight excluding hydrogens is 276 g/mol. The minimum absolute atomic E-state index is 0.726. The zero-order valence-corrected chi connectivity index (χ0v) is 15.9. The van der Waals surface area contributed by atoms with Gasteiger partial charge < -0.3 is 0 Å². The summed E-state index contributed by atoms with van der Waals surface area (Å²) in [6.07, 6.45) is 21.2. The van der Waals surface area contributed by atoms with Crippen molar-refractivity contribution < 1.29 is 0 Å². The van der Waals surface area contributed by atoms with Gasteiger partial charge in [0.05, 0.1) is 0 Å². The Morgan fingerprint density at radius 1 is 0.783 bits per heavy atom. The molecule has 23 heavy (non-hydrogen) atoms. The van der Waals surface area contributed by atoms with Crippen LogP contribution in [-0.2, 0) is 0 Å². The Kier molecular flexibility index (Phi) is 15.1. The maximum Gasteiger partial charge on any atom is -0.0289 e. The number of hydrogen-bond donors (Lipinski definition) is 0. The molecule has 0 aromatic rings. The van der Waals surface area contributed by atoms with E-state index in [1.54, 1.807) is 11.1 Å². The summed E-state index contributed by atoms with van der Waals surface area (Å²) < 4.78 is 0. The summed E-state index contributed by atoms with van der Waals surface area (Å²) in [7, 11) is 0. The second kappa shape index (κ2) is 15.8. The van der Waals surface area contributed by atoms with Crippen LogP contribution in [0.25, 0.3) is 0 Å². The van der Waals surface area contributed by atoms with E-state index < -0.39 is 0 Å². The van der Waals surface area contributed by atoms with E-state index in [0.29, 0.717) is 0 Å². The van der Waals surface area contributed by atoms with Crippen LogP contribution >= 0.6 is 0 Å². The van der Waals surface area contributed by atoms with Crippen molar-refractivity contribution in [2.24, 2.45) is 5.92 Å². The first-order valence-electron chi connectivity index (χ1n) is 9.71. The van der Waals surface area contributed by atoms with Crippen molar-refractivity contribution in [1.82, 2.24) is 0 Å². The third kappa shape index (κ3) is 12.1. The van der Waals surface area contributed by atoms with Crippen LogP contribution in [0.1, 0.15) is 90.9 Å². The number of allylic oxidation sites excluding steroid dienone is 5. The molecule has 0 fully saturated rings. The van der Waals surface area contributed by atoms with Crippen molar-refractivity contribution in [2.45, 2.75) is 90.9 Å². The highest BCUT2D eigenvalue weighted by Crippen LogP contribution is 2.28. The van der Waals surface area contributed by atoms with E-state index in [2.05, 4.69) is 39.7 Å². The van der Waals surface area contributed by atoms with Crippen LogP contribution in [-0.4, -0.2) is 0 Å². The molecule has 0 rings (SSSR count). The van der Waals surface area contributed by atoms with Crippen molar-refractivity contribution in [3.05, 3.63) is 49.1 Å². The van der Waals surface area contributed by atoms with Gasteiger partial charge in [-0.2, -0.15) is 0 Å². The third-order valence-electron chi connectivity index (χ3n) is 4.61. The predicted octanol–water partition coefficient (Wildman–Crippen LogP) is 8.18. The summed E-state index contributed by atoms with van der Waals surface area (Å²) in [4.78, 5) is 0. The summed E-state index contributed by atoms with van der Waals surface area (Å²) in [6.45, 7) is 16.2. The SMILES string of the molecule is C=CCCCCCC(CC)=C(CCCCC=C)CC(C)CC=C. The molecule has 0 heteroatoms. The van der Waals surface area contributed by atoms with E-state index in [0.717, 1.165) is 25.2 Å². The normalized spacial score (nSPS) is 13.3. The van der Waals surface area contributed by atoms with E-state index in [-0.39, 0.29) is 0 Å². The molecule has 0 heterocycles. The number of rotatable bonds is 16. The quantitative estimate of drug-likeness (QED) is 0.199. The highest BCUT2D eigenvalue weighted by Gasteiger charge is 2.10. The van der Waals surface area contributed by atoms with Crippen molar-refractivity contribution in [3.8, 4) is 0 Å². The summed E-state index contributed by atoms with van der Waals surface area (Å²) in [6, 6.07) is 0. The minimum atomic E-state index is 0.726. The first-order valence-corrected chi connectivity index (χ1v) is 9.71. The Labute approximate surface area is 146 Å². The van der Waals surface area contributed by atoms with Gasteiger partial charge in [0.2, 0.25) is 0 Å². The van der Waals surface area contributed by atoms with Crippen molar-refractivity contribution in [3.63, 3.8) is 0 Å². The van der Waals surface area contributed by atoms with Gasteiger partial charge in [-0.25, -0.2) is 0 Å². The molecule has 0 saturated carbocycles. The van der Waals surface area contributed by atoms with E-state index in [4.69, 9.17) is 0 Å². The lowest BCUT2D eigenvalue weighted by molar-refractivity contribution is 0.554. The molecule has 0 spiro atoms. The monoisotopic (exact) mass is 316 g/mol. The molecule has 0 aliphatic rings. The van der Waals surface area contributed by atoms with Crippen LogP contribution < -0.4 is 0 Å². The van der Waals surface area contributed by atoms with Gasteiger partial charge in [-0.3, -0.25) is 0 Å². The molecule has 0 bridgehead atoms. The van der Waals surface area contributed by atoms with Gasteiger partial charge in [0, 0.05) is 0 Å². The Morgan fingerprint density at radius 2 is 1.35 bits per heavy atom. The number of hydrogen-bond acceptors (Lipinski definition) is 0. The van der Waals surface area contributed by atoms with E-state index in [1.165, 1.54) is 57.8 Å². The maximum absolute atomic E-state index is 3.90. The van der Waals surface area contributed by atoms with Crippen LogP contribution in [0.15, 0.2) is 49.1 Å². The second-order valence-corrected chi connectivity index (χ2v) is 6.82. The van der Waals surface area contributed by atoms with Gasteiger partial charge in [-0.15, -0.1) is 19.7 Å². The summed E-state index contributed by atoms with van der Waals surface area (Å²) in [5.41, 5.74) is 3.48. The van der Waals surface area contributed by atoms with E-state index >= 15 is 0 Å². The highest BCUT2D eigenvalue weighted by atomic mass is 14.2. The smallest absolute Gasteiger partial charge is 0.0289 e. The molecule has 0 aliphatic heterocycles. The molecule has 0 N–H and O–H groups in total. The molecule has 0 aliphatic carbocycles. The fourth-order valence-corrected chi connectivity index (χ4v) is 3.25. The van der Waals surface area contributed by atoms with Gasteiger partial charge >= 0.3 is 0 Å². The minimum Gasteiger partial charge on any atom is -0.103 e. The Morgan fingerprint density at radius 3 is 1.91 bits per heavy atom. The predicted molar refractivity (Wildman–Crippen MR) is 108 cm³/mol. The molecule has 0 aromatic carbocycles. The standard InChI is InChI=1S/C23H40/c1-6-10-12-14-16-18-22(9-4)23(19-15-13-11-7-2)20-21(5)17-8-3/h6-8,21H,1-3,9-20H2,4-5H3. The molecule has 0 radical (unpaired) electrons. The van der Waals surface area contributed by atoms with Gasteiger partial charge in [0.15, 0.2) is 0 Å². The topological polar surface area (TPSA) is 0 Å². The lowest BCUT2D eigenvalue weighted by atomic mass is 9.88. The first-order chi connectivity index (χ1) is 11.2.